The molecule has 1 N–H and O–H groups in total. The maximum Gasteiger partial charge on any atom is 0.0760 e. The zero-order valence-corrected chi connectivity index (χ0v) is 10.9. The smallest absolute Gasteiger partial charge is 0.0760 e. The van der Waals surface area contributed by atoms with Crippen molar-refractivity contribution in [3.63, 3.8) is 0 Å². The van der Waals surface area contributed by atoms with Crippen LogP contribution in [-0.2, 0) is 10.8 Å². The largest absolute Gasteiger partial charge is 0.316 e. The van der Waals surface area contributed by atoms with E-state index in [1.165, 1.54) is 0 Å². The molecule has 84 valence electrons. The molecule has 2 unspecified atom stereocenters. The average molecular weight is 266 g/mol. The van der Waals surface area contributed by atoms with Crippen LogP contribution in [0.2, 0.25) is 10.0 Å². The van der Waals surface area contributed by atoms with Gasteiger partial charge in [0.05, 0.1) is 25.7 Å². The first-order valence-corrected chi connectivity index (χ1v) is 6.63. The van der Waals surface area contributed by atoms with Gasteiger partial charge >= 0.3 is 0 Å². The molecule has 0 aromatic heterocycles. The molecule has 1 aromatic rings. The van der Waals surface area contributed by atoms with E-state index in [2.05, 4.69) is 5.32 Å². The first-order chi connectivity index (χ1) is 7.06. The van der Waals surface area contributed by atoms with Crippen LogP contribution in [0.4, 0.5) is 0 Å². The van der Waals surface area contributed by atoms with E-state index in [0.29, 0.717) is 20.7 Å². The molecule has 2 atom stereocenters. The molecule has 5 heteroatoms. The van der Waals surface area contributed by atoms with Crippen LogP contribution in [0.5, 0.6) is 0 Å². The third-order valence-electron chi connectivity index (χ3n) is 2.04. The van der Waals surface area contributed by atoms with Crippen molar-refractivity contribution in [3.8, 4) is 0 Å². The maximum absolute atomic E-state index is 12.0. The molecule has 15 heavy (non-hydrogen) atoms. The molecule has 0 heterocycles. The van der Waals surface area contributed by atoms with E-state index >= 15 is 0 Å². The van der Waals surface area contributed by atoms with Crippen molar-refractivity contribution in [2.24, 2.45) is 0 Å². The predicted octanol–water partition coefficient (Wildman–Crippen LogP) is 2.71. The van der Waals surface area contributed by atoms with Gasteiger partial charge in [0.1, 0.15) is 0 Å². The van der Waals surface area contributed by atoms with Gasteiger partial charge in [-0.1, -0.05) is 29.3 Å². The fourth-order valence-electron chi connectivity index (χ4n) is 1.09. The third-order valence-corrected chi connectivity index (χ3v) is 4.59. The molecule has 0 saturated heterocycles. The Hall–Kier alpha value is -0.0900. The molecule has 0 aliphatic heterocycles. The second-order valence-electron chi connectivity index (χ2n) is 3.25. The Morgan fingerprint density at radius 2 is 1.93 bits per heavy atom. The van der Waals surface area contributed by atoms with Crippen molar-refractivity contribution < 1.29 is 4.21 Å². The molecule has 0 radical (unpaired) electrons. The van der Waals surface area contributed by atoms with Gasteiger partial charge in [-0.15, -0.1) is 0 Å². The third kappa shape index (κ3) is 3.45. The Morgan fingerprint density at radius 1 is 1.40 bits per heavy atom. The fraction of sp³-hybridized carbons (Fsp3) is 0.400. The topological polar surface area (TPSA) is 29.1 Å². The molecule has 1 rings (SSSR count). The lowest BCUT2D eigenvalue weighted by molar-refractivity contribution is 0.646. The summed E-state index contributed by atoms with van der Waals surface area (Å²) in [5, 5.41) is 3.95. The first-order valence-electron chi connectivity index (χ1n) is 4.56. The van der Waals surface area contributed by atoms with Crippen molar-refractivity contribution in [2.45, 2.75) is 17.9 Å². The number of hydrogen-bond acceptors (Lipinski definition) is 2. The molecule has 2 nitrogen and oxygen atoms in total. The van der Waals surface area contributed by atoms with Gasteiger partial charge in [-0.3, -0.25) is 4.21 Å². The van der Waals surface area contributed by atoms with E-state index in [9.17, 15) is 4.21 Å². The van der Waals surface area contributed by atoms with Gasteiger partial charge in [0, 0.05) is 11.8 Å². The first kappa shape index (κ1) is 13.0. The summed E-state index contributed by atoms with van der Waals surface area (Å²) >= 11 is 11.9. The second kappa shape index (κ2) is 5.85. The molecule has 1 aromatic carbocycles. The lowest BCUT2D eigenvalue weighted by Gasteiger charge is -2.11. The van der Waals surface area contributed by atoms with Crippen LogP contribution in [0.25, 0.3) is 0 Å². The van der Waals surface area contributed by atoms with Crippen LogP contribution in [0.15, 0.2) is 23.1 Å². The van der Waals surface area contributed by atoms with Crippen LogP contribution in [0.3, 0.4) is 0 Å². The summed E-state index contributed by atoms with van der Waals surface area (Å²) < 4.78 is 12.0. The summed E-state index contributed by atoms with van der Waals surface area (Å²) in [6.45, 7) is 1.96. The van der Waals surface area contributed by atoms with E-state index in [1.807, 2.05) is 14.0 Å². The van der Waals surface area contributed by atoms with E-state index < -0.39 is 10.8 Å². The van der Waals surface area contributed by atoms with Crippen molar-refractivity contribution in [3.05, 3.63) is 28.2 Å². The summed E-state index contributed by atoms with van der Waals surface area (Å²) in [5.74, 6) is 0.500. The van der Waals surface area contributed by atoms with E-state index in [0.717, 1.165) is 0 Å². The van der Waals surface area contributed by atoms with Gasteiger partial charge < -0.3 is 5.32 Å². The van der Waals surface area contributed by atoms with Gasteiger partial charge in [-0.2, -0.15) is 0 Å². The van der Waals surface area contributed by atoms with Crippen LogP contribution in [0, 0.1) is 0 Å². The Kier molecular flexibility index (Phi) is 5.06. The highest BCUT2D eigenvalue weighted by molar-refractivity contribution is 7.85. The summed E-state index contributed by atoms with van der Waals surface area (Å²) in [5.41, 5.74) is 0. The summed E-state index contributed by atoms with van der Waals surface area (Å²) in [7, 11) is 0.667. The van der Waals surface area contributed by atoms with Crippen LogP contribution in [0.1, 0.15) is 6.92 Å². The number of nitrogens with one attached hydrogen (secondary N) is 1. The lowest BCUT2D eigenvalue weighted by atomic mass is 10.4. The minimum Gasteiger partial charge on any atom is -0.316 e. The van der Waals surface area contributed by atoms with E-state index in [-0.39, 0.29) is 6.04 Å². The average Bonchev–Trinajstić information content (AvgIpc) is 2.17. The molecule has 0 amide bonds. The van der Waals surface area contributed by atoms with Crippen molar-refractivity contribution in [1.29, 1.82) is 0 Å². The van der Waals surface area contributed by atoms with E-state index in [1.54, 1.807) is 18.2 Å². The van der Waals surface area contributed by atoms with Crippen LogP contribution < -0.4 is 5.32 Å². The zero-order valence-electron chi connectivity index (χ0n) is 8.59. The van der Waals surface area contributed by atoms with Gasteiger partial charge in [-0.25, -0.2) is 0 Å². The molecule has 0 aliphatic rings. The normalized spacial score (nSPS) is 14.9. The van der Waals surface area contributed by atoms with Crippen molar-refractivity contribution >= 4 is 34.0 Å². The quantitative estimate of drug-likeness (QED) is 0.907. The summed E-state index contributed by atoms with van der Waals surface area (Å²) in [6, 6.07) is 5.31. The molecule has 0 saturated carbocycles. The Morgan fingerprint density at radius 3 is 2.40 bits per heavy atom. The fourth-order valence-corrected chi connectivity index (χ4v) is 3.37. The van der Waals surface area contributed by atoms with Gasteiger partial charge in [0.25, 0.3) is 0 Å². The lowest BCUT2D eigenvalue weighted by Crippen LogP contribution is -2.27. The SMILES string of the molecule is CNC(C)CS(=O)c1c(Cl)cccc1Cl. The highest BCUT2D eigenvalue weighted by Gasteiger charge is 2.14. The van der Waals surface area contributed by atoms with Crippen molar-refractivity contribution in [2.75, 3.05) is 12.8 Å². The summed E-state index contributed by atoms with van der Waals surface area (Å²) in [4.78, 5) is 0.530. The standard InChI is InChI=1S/C10H13Cl2NOS/c1-7(13-2)6-15(14)10-8(11)4-3-5-9(10)12/h3-5,7,13H,6H2,1-2H3. The van der Waals surface area contributed by atoms with Crippen LogP contribution in [-0.4, -0.2) is 23.1 Å². The number of benzene rings is 1. The van der Waals surface area contributed by atoms with Gasteiger partial charge in [0.2, 0.25) is 0 Å². The molecular weight excluding hydrogens is 253 g/mol. The monoisotopic (exact) mass is 265 g/mol. The maximum atomic E-state index is 12.0. The van der Waals surface area contributed by atoms with Crippen molar-refractivity contribution in [1.82, 2.24) is 5.32 Å². The minimum atomic E-state index is -1.16. The highest BCUT2D eigenvalue weighted by Crippen LogP contribution is 2.27. The second-order valence-corrected chi connectivity index (χ2v) is 5.50. The zero-order chi connectivity index (χ0) is 11.4. The Bertz CT molecular complexity index is 350. The molecule has 0 bridgehead atoms. The van der Waals surface area contributed by atoms with E-state index in [4.69, 9.17) is 23.2 Å². The predicted molar refractivity (Wildman–Crippen MR) is 66.3 cm³/mol. The van der Waals surface area contributed by atoms with Crippen LogP contribution >= 0.6 is 23.2 Å². The number of hydrogen-bond donors (Lipinski definition) is 1. The van der Waals surface area contributed by atoms with Gasteiger partial charge in [0.15, 0.2) is 0 Å². The molecule has 0 spiro atoms. The molecular formula is C10H13Cl2NOS. The Balaban J connectivity index is 2.91. The number of halogens is 2. The number of rotatable bonds is 4. The molecule has 0 aliphatic carbocycles. The highest BCUT2D eigenvalue weighted by atomic mass is 35.5. The summed E-state index contributed by atoms with van der Waals surface area (Å²) in [6.07, 6.45) is 0. The van der Waals surface area contributed by atoms with Gasteiger partial charge in [-0.05, 0) is 26.1 Å². The minimum absolute atomic E-state index is 0.165. The Labute approximate surface area is 102 Å². The molecule has 0 fully saturated rings.